The fourth-order valence-corrected chi connectivity index (χ4v) is 2.32. The molecule has 1 aliphatic rings. The maximum atomic E-state index is 12.1. The lowest BCUT2D eigenvalue weighted by Crippen LogP contribution is -2.49. The number of carbonyl (C=O) groups is 1. The number of nitrogens with zero attached hydrogens (tertiary/aromatic N) is 4. The van der Waals surface area contributed by atoms with Crippen LogP contribution >= 0.6 is 0 Å². The summed E-state index contributed by atoms with van der Waals surface area (Å²) in [5.74, 6) is 1.07. The van der Waals surface area contributed by atoms with Gasteiger partial charge >= 0.3 is 0 Å². The molecule has 6 nitrogen and oxygen atoms in total. The predicted molar refractivity (Wildman–Crippen MR) is 73.2 cm³/mol. The Kier molecular flexibility index (Phi) is 3.62. The van der Waals surface area contributed by atoms with Gasteiger partial charge in [0.25, 0.3) is 0 Å². The van der Waals surface area contributed by atoms with Crippen LogP contribution in [-0.4, -0.2) is 47.1 Å². The highest BCUT2D eigenvalue weighted by Crippen LogP contribution is 2.13. The van der Waals surface area contributed by atoms with E-state index in [9.17, 15) is 4.79 Å². The van der Waals surface area contributed by atoms with Crippen molar-refractivity contribution in [2.75, 3.05) is 31.1 Å². The Labute approximate surface area is 117 Å². The van der Waals surface area contributed by atoms with Crippen LogP contribution in [0.4, 0.5) is 5.82 Å². The van der Waals surface area contributed by atoms with Gasteiger partial charge in [0.15, 0.2) is 0 Å². The molecule has 1 saturated heterocycles. The fourth-order valence-electron chi connectivity index (χ4n) is 2.32. The van der Waals surface area contributed by atoms with Crippen molar-refractivity contribution in [1.82, 2.24) is 15.0 Å². The van der Waals surface area contributed by atoms with Gasteiger partial charge in [0.1, 0.15) is 12.1 Å². The van der Waals surface area contributed by atoms with Crippen LogP contribution in [0.3, 0.4) is 0 Å². The zero-order valence-electron chi connectivity index (χ0n) is 11.1. The summed E-state index contributed by atoms with van der Waals surface area (Å²) in [7, 11) is 0. The lowest BCUT2D eigenvalue weighted by atomic mass is 10.2. The van der Waals surface area contributed by atoms with Crippen molar-refractivity contribution in [3.8, 4) is 0 Å². The van der Waals surface area contributed by atoms with Gasteiger partial charge in [0, 0.05) is 38.4 Å². The maximum absolute atomic E-state index is 12.1. The molecule has 2 aromatic rings. The summed E-state index contributed by atoms with van der Waals surface area (Å²) in [6.07, 6.45) is 3.58. The molecular formula is C14H16N4O2. The normalized spacial score (nSPS) is 15.4. The Morgan fingerprint density at radius 2 is 2.05 bits per heavy atom. The minimum absolute atomic E-state index is 0.0968. The van der Waals surface area contributed by atoms with Crippen LogP contribution in [0.1, 0.15) is 5.69 Å². The highest BCUT2D eigenvalue weighted by atomic mass is 16.5. The first-order valence-corrected chi connectivity index (χ1v) is 6.66. The molecule has 0 N–H and O–H groups in total. The van der Waals surface area contributed by atoms with E-state index in [4.69, 9.17) is 4.52 Å². The minimum Gasteiger partial charge on any atom is -0.364 e. The first-order chi connectivity index (χ1) is 9.83. The third-order valence-corrected chi connectivity index (χ3v) is 3.43. The van der Waals surface area contributed by atoms with Crippen molar-refractivity contribution in [3.63, 3.8) is 0 Å². The van der Waals surface area contributed by atoms with E-state index in [0.717, 1.165) is 18.9 Å². The van der Waals surface area contributed by atoms with Gasteiger partial charge in [-0.1, -0.05) is 11.2 Å². The van der Waals surface area contributed by atoms with Crippen molar-refractivity contribution >= 4 is 11.7 Å². The van der Waals surface area contributed by atoms with Crippen LogP contribution in [0.15, 0.2) is 41.2 Å². The molecule has 6 heteroatoms. The molecule has 0 bridgehead atoms. The van der Waals surface area contributed by atoms with Crippen molar-refractivity contribution < 1.29 is 9.32 Å². The smallest absolute Gasteiger partial charge is 0.228 e. The second-order valence-corrected chi connectivity index (χ2v) is 4.72. The molecule has 0 aliphatic carbocycles. The molecule has 1 aliphatic heterocycles. The van der Waals surface area contributed by atoms with E-state index in [0.29, 0.717) is 25.2 Å². The summed E-state index contributed by atoms with van der Waals surface area (Å²) in [6.45, 7) is 3.05. The Hall–Kier alpha value is -2.37. The van der Waals surface area contributed by atoms with Gasteiger partial charge in [-0.25, -0.2) is 4.98 Å². The molecule has 0 saturated carbocycles. The molecule has 1 fully saturated rings. The minimum atomic E-state index is 0.0968. The van der Waals surface area contributed by atoms with Crippen molar-refractivity contribution in [2.24, 2.45) is 0 Å². The van der Waals surface area contributed by atoms with Crippen LogP contribution in [0, 0.1) is 0 Å². The zero-order chi connectivity index (χ0) is 13.8. The summed E-state index contributed by atoms with van der Waals surface area (Å²) in [4.78, 5) is 20.5. The lowest BCUT2D eigenvalue weighted by Gasteiger charge is -2.35. The number of piperazine rings is 1. The van der Waals surface area contributed by atoms with E-state index in [1.807, 2.05) is 23.1 Å². The Balaban J connectivity index is 1.54. The van der Waals surface area contributed by atoms with E-state index in [1.165, 1.54) is 6.26 Å². The molecule has 3 rings (SSSR count). The number of hydrogen-bond donors (Lipinski definition) is 0. The molecule has 20 heavy (non-hydrogen) atoms. The fraction of sp³-hybridized carbons (Fsp3) is 0.357. The highest BCUT2D eigenvalue weighted by molar-refractivity contribution is 5.78. The summed E-state index contributed by atoms with van der Waals surface area (Å²) in [6, 6.07) is 7.60. The molecule has 2 aromatic heterocycles. The van der Waals surface area contributed by atoms with E-state index in [-0.39, 0.29) is 5.91 Å². The van der Waals surface area contributed by atoms with Gasteiger partial charge in [-0.05, 0) is 12.1 Å². The standard InChI is InChI=1S/C14H16N4O2/c19-14(11-12-4-10-20-16-12)18-8-6-17(7-9-18)13-3-1-2-5-15-13/h1-5,10H,6-9,11H2. The molecule has 0 radical (unpaired) electrons. The van der Waals surface area contributed by atoms with Gasteiger partial charge < -0.3 is 14.3 Å². The second kappa shape index (κ2) is 5.73. The average Bonchev–Trinajstić information content (AvgIpc) is 3.01. The van der Waals surface area contributed by atoms with Gasteiger partial charge in [0.2, 0.25) is 5.91 Å². The topological polar surface area (TPSA) is 62.5 Å². The molecule has 3 heterocycles. The van der Waals surface area contributed by atoms with Crippen LogP contribution in [0.2, 0.25) is 0 Å². The van der Waals surface area contributed by atoms with E-state index in [2.05, 4.69) is 15.0 Å². The molecule has 0 spiro atoms. The summed E-state index contributed by atoms with van der Waals surface area (Å²) < 4.78 is 4.74. The number of hydrogen-bond acceptors (Lipinski definition) is 5. The van der Waals surface area contributed by atoms with Crippen LogP contribution in [0.5, 0.6) is 0 Å². The summed E-state index contributed by atoms with van der Waals surface area (Å²) in [5, 5.41) is 3.77. The summed E-state index contributed by atoms with van der Waals surface area (Å²) >= 11 is 0. The van der Waals surface area contributed by atoms with Crippen LogP contribution in [-0.2, 0) is 11.2 Å². The van der Waals surface area contributed by atoms with Crippen molar-refractivity contribution in [2.45, 2.75) is 6.42 Å². The molecule has 1 amide bonds. The van der Waals surface area contributed by atoms with E-state index >= 15 is 0 Å². The predicted octanol–water partition coefficient (Wildman–Crippen LogP) is 0.961. The maximum Gasteiger partial charge on any atom is 0.228 e. The largest absolute Gasteiger partial charge is 0.364 e. The van der Waals surface area contributed by atoms with Gasteiger partial charge in [-0.2, -0.15) is 0 Å². The Bertz CT molecular complexity index is 548. The molecule has 0 atom stereocenters. The SMILES string of the molecule is O=C(Cc1ccon1)N1CCN(c2ccccn2)CC1. The molecule has 0 unspecified atom stereocenters. The van der Waals surface area contributed by atoms with E-state index < -0.39 is 0 Å². The van der Waals surface area contributed by atoms with E-state index in [1.54, 1.807) is 12.3 Å². The Morgan fingerprint density at radius 3 is 2.70 bits per heavy atom. The average molecular weight is 272 g/mol. The number of amides is 1. The third kappa shape index (κ3) is 2.79. The zero-order valence-corrected chi connectivity index (χ0v) is 11.1. The van der Waals surface area contributed by atoms with Crippen LogP contribution in [0.25, 0.3) is 0 Å². The van der Waals surface area contributed by atoms with Gasteiger partial charge in [-0.3, -0.25) is 4.79 Å². The first-order valence-electron chi connectivity index (χ1n) is 6.66. The number of aromatic nitrogens is 2. The van der Waals surface area contributed by atoms with Gasteiger partial charge in [-0.15, -0.1) is 0 Å². The number of pyridine rings is 1. The summed E-state index contributed by atoms with van der Waals surface area (Å²) in [5.41, 5.74) is 0.683. The molecular weight excluding hydrogens is 256 g/mol. The second-order valence-electron chi connectivity index (χ2n) is 4.72. The molecule has 104 valence electrons. The number of rotatable bonds is 3. The van der Waals surface area contributed by atoms with Crippen molar-refractivity contribution in [1.29, 1.82) is 0 Å². The van der Waals surface area contributed by atoms with Crippen LogP contribution < -0.4 is 4.90 Å². The lowest BCUT2D eigenvalue weighted by molar-refractivity contribution is -0.130. The highest BCUT2D eigenvalue weighted by Gasteiger charge is 2.22. The van der Waals surface area contributed by atoms with Crippen molar-refractivity contribution in [3.05, 3.63) is 42.4 Å². The third-order valence-electron chi connectivity index (χ3n) is 3.43. The quantitative estimate of drug-likeness (QED) is 0.833. The number of carbonyl (C=O) groups excluding carboxylic acids is 1. The first kappa shape index (κ1) is 12.7. The Morgan fingerprint density at radius 1 is 1.20 bits per heavy atom. The number of anilines is 1. The van der Waals surface area contributed by atoms with Gasteiger partial charge in [0.05, 0.1) is 12.1 Å². The molecule has 0 aromatic carbocycles. The monoisotopic (exact) mass is 272 g/mol.